The van der Waals surface area contributed by atoms with Gasteiger partial charge in [-0.05, 0) is 90.9 Å². The summed E-state index contributed by atoms with van der Waals surface area (Å²) in [6.45, 7) is 9.14. The molecule has 0 aromatic carbocycles. The zero-order valence-electron chi connectivity index (χ0n) is 21.3. The summed E-state index contributed by atoms with van der Waals surface area (Å²) in [6, 6.07) is 4.16. The number of carbonyl (C=O) groups excluding carboxylic acids is 3. The van der Waals surface area contributed by atoms with Crippen molar-refractivity contribution in [3.8, 4) is 0 Å². The topological polar surface area (TPSA) is 63.2 Å². The van der Waals surface area contributed by atoms with Crippen LogP contribution in [0.4, 0.5) is 0 Å². The molecule has 4 aliphatic carbocycles. The van der Waals surface area contributed by atoms with Crippen molar-refractivity contribution in [2.45, 2.75) is 91.5 Å². The molecular formula is C29H41NO3S. The molecule has 0 bridgehead atoms. The van der Waals surface area contributed by atoms with E-state index in [4.69, 9.17) is 0 Å². The van der Waals surface area contributed by atoms with E-state index in [1.807, 2.05) is 6.07 Å². The van der Waals surface area contributed by atoms with Gasteiger partial charge in [-0.1, -0.05) is 26.8 Å². The van der Waals surface area contributed by atoms with Gasteiger partial charge >= 0.3 is 0 Å². The van der Waals surface area contributed by atoms with Gasteiger partial charge in [0.25, 0.3) is 0 Å². The lowest BCUT2D eigenvalue weighted by molar-refractivity contribution is -0.159. The summed E-state index contributed by atoms with van der Waals surface area (Å²) in [5, 5.41) is 5.26. The minimum absolute atomic E-state index is 0.0537. The molecule has 5 heteroatoms. The van der Waals surface area contributed by atoms with Crippen LogP contribution in [0.25, 0.3) is 0 Å². The van der Waals surface area contributed by atoms with Crippen molar-refractivity contribution in [1.82, 2.24) is 5.32 Å². The van der Waals surface area contributed by atoms with Gasteiger partial charge in [-0.25, -0.2) is 0 Å². The average molecular weight is 484 g/mol. The Morgan fingerprint density at radius 2 is 1.85 bits per heavy atom. The molecule has 1 aromatic heterocycles. The van der Waals surface area contributed by atoms with Gasteiger partial charge in [0.05, 0.1) is 6.04 Å². The van der Waals surface area contributed by atoms with Crippen molar-refractivity contribution in [2.24, 2.45) is 46.3 Å². The van der Waals surface area contributed by atoms with Gasteiger partial charge in [-0.15, -0.1) is 11.3 Å². The van der Waals surface area contributed by atoms with Crippen LogP contribution in [0.3, 0.4) is 0 Å². The molecule has 4 saturated carbocycles. The summed E-state index contributed by atoms with van der Waals surface area (Å²) in [4.78, 5) is 39.8. The number of amides is 1. The lowest BCUT2D eigenvalue weighted by Gasteiger charge is -2.59. The Kier molecular flexibility index (Phi) is 6.32. The summed E-state index contributed by atoms with van der Waals surface area (Å²) in [6.07, 6.45) is 7.97. The van der Waals surface area contributed by atoms with Crippen LogP contribution in [0, 0.1) is 46.3 Å². The van der Waals surface area contributed by atoms with E-state index >= 15 is 0 Å². The maximum Gasteiger partial charge on any atom is 0.220 e. The molecule has 0 spiro atoms. The first kappa shape index (κ1) is 24.2. The Morgan fingerprint density at radius 3 is 2.59 bits per heavy atom. The fourth-order valence-corrected chi connectivity index (χ4v) is 9.78. The van der Waals surface area contributed by atoms with Gasteiger partial charge < -0.3 is 5.32 Å². The van der Waals surface area contributed by atoms with Crippen molar-refractivity contribution < 1.29 is 14.4 Å². The van der Waals surface area contributed by atoms with Crippen LogP contribution >= 0.6 is 11.3 Å². The molecule has 4 aliphatic rings. The number of hydrogen-bond donors (Lipinski definition) is 1. The minimum Gasteiger partial charge on any atom is -0.349 e. The fraction of sp³-hybridized carbons (Fsp3) is 0.759. The molecule has 1 unspecified atom stereocenters. The first-order valence-corrected chi connectivity index (χ1v) is 14.4. The number of nitrogens with one attached hydrogen (secondary N) is 1. The first-order chi connectivity index (χ1) is 16.1. The second-order valence-corrected chi connectivity index (χ2v) is 13.5. The number of hydrogen-bond acceptors (Lipinski definition) is 4. The van der Waals surface area contributed by atoms with Crippen LogP contribution in [0.15, 0.2) is 17.5 Å². The van der Waals surface area contributed by atoms with Crippen LogP contribution in [-0.2, 0) is 14.4 Å². The third kappa shape index (κ3) is 3.90. The van der Waals surface area contributed by atoms with Crippen molar-refractivity contribution >= 4 is 28.8 Å². The summed E-state index contributed by atoms with van der Waals surface area (Å²) < 4.78 is 0. The molecular weight excluding hydrogens is 442 g/mol. The molecule has 5 rings (SSSR count). The quantitative estimate of drug-likeness (QED) is 0.530. The van der Waals surface area contributed by atoms with E-state index in [0.717, 1.165) is 32.1 Å². The Hall–Kier alpha value is -1.49. The lowest BCUT2D eigenvalue weighted by atomic mass is 9.44. The van der Waals surface area contributed by atoms with Gasteiger partial charge in [0.2, 0.25) is 5.91 Å². The van der Waals surface area contributed by atoms with Gasteiger partial charge in [-0.3, -0.25) is 14.4 Å². The second-order valence-electron chi connectivity index (χ2n) is 12.6. The van der Waals surface area contributed by atoms with E-state index in [1.54, 1.807) is 11.3 Å². The molecule has 4 nitrogen and oxygen atoms in total. The predicted octanol–water partition coefficient (Wildman–Crippen LogP) is 6.36. The highest BCUT2D eigenvalue weighted by Crippen LogP contribution is 2.67. The molecule has 1 heterocycles. The number of rotatable bonds is 5. The molecule has 1 amide bonds. The first-order valence-electron chi connectivity index (χ1n) is 13.5. The standard InChI is InChI=1S/C29H41NO3S/c1-17(14-26(33)30-18(2)25-6-5-13-34-25)21-7-8-22-27-23(10-12-29(21,22)4)28(3)11-9-20(31)15-19(28)16-24(27)32/h5-6,13,17-19,21-23,27H,7-12,14-16H2,1-4H3,(H,30,33)/t17-,18+,19+,21?,22+,23+,27+,28+,29-/m1/s1. The largest absolute Gasteiger partial charge is 0.349 e. The van der Waals surface area contributed by atoms with E-state index in [-0.39, 0.29) is 34.6 Å². The van der Waals surface area contributed by atoms with Crippen molar-refractivity contribution in [3.05, 3.63) is 22.4 Å². The van der Waals surface area contributed by atoms with Crippen LogP contribution in [-0.4, -0.2) is 17.5 Å². The van der Waals surface area contributed by atoms with E-state index in [9.17, 15) is 14.4 Å². The molecule has 0 saturated heterocycles. The second kappa shape index (κ2) is 8.87. The van der Waals surface area contributed by atoms with Gasteiger partial charge in [0, 0.05) is 36.5 Å². The van der Waals surface area contributed by atoms with Crippen molar-refractivity contribution in [2.75, 3.05) is 0 Å². The maximum absolute atomic E-state index is 13.5. The van der Waals surface area contributed by atoms with Crippen LogP contribution in [0.1, 0.15) is 96.4 Å². The van der Waals surface area contributed by atoms with Gasteiger partial charge in [0.15, 0.2) is 0 Å². The van der Waals surface area contributed by atoms with E-state index in [0.29, 0.717) is 60.9 Å². The molecule has 186 valence electrons. The average Bonchev–Trinajstić information content (AvgIpc) is 3.42. The molecule has 34 heavy (non-hydrogen) atoms. The van der Waals surface area contributed by atoms with E-state index < -0.39 is 0 Å². The number of thiophene rings is 1. The maximum atomic E-state index is 13.5. The lowest BCUT2D eigenvalue weighted by Crippen LogP contribution is -2.57. The minimum atomic E-state index is 0.0537. The number of fused-ring (bicyclic) bond motifs is 5. The fourth-order valence-electron chi connectivity index (χ4n) is 9.04. The Labute approximate surface area is 208 Å². The SMILES string of the molecule is C[C@H](NC(=O)C[C@@H](C)C1CC[C@H]2[C@@H]3C(=O)C[C@@H]4CC(=O)CC[C@]4(C)[C@H]3CC[C@]12C)c1cccs1. The number of carbonyl (C=O) groups is 3. The third-order valence-corrected chi connectivity index (χ3v) is 12.0. The number of ketones is 2. The van der Waals surface area contributed by atoms with E-state index in [2.05, 4.69) is 44.5 Å². The highest BCUT2D eigenvalue weighted by molar-refractivity contribution is 7.10. The summed E-state index contributed by atoms with van der Waals surface area (Å²) >= 11 is 1.68. The smallest absolute Gasteiger partial charge is 0.220 e. The van der Waals surface area contributed by atoms with Crippen molar-refractivity contribution in [3.63, 3.8) is 0 Å². The molecule has 1 aromatic rings. The summed E-state index contributed by atoms with van der Waals surface area (Å²) in [7, 11) is 0. The normalized spacial score (nSPS) is 41.2. The van der Waals surface area contributed by atoms with Gasteiger partial charge in [-0.2, -0.15) is 0 Å². The molecule has 4 fully saturated rings. The van der Waals surface area contributed by atoms with Crippen molar-refractivity contribution in [1.29, 1.82) is 0 Å². The third-order valence-electron chi connectivity index (χ3n) is 10.9. The Bertz CT molecular complexity index is 957. The highest BCUT2D eigenvalue weighted by atomic mass is 32.1. The van der Waals surface area contributed by atoms with Crippen LogP contribution < -0.4 is 5.32 Å². The molecule has 0 aliphatic heterocycles. The summed E-state index contributed by atoms with van der Waals surface area (Å²) in [5.41, 5.74) is 0.291. The molecule has 9 atom stereocenters. The Morgan fingerprint density at radius 1 is 1.09 bits per heavy atom. The Balaban J connectivity index is 1.28. The highest BCUT2D eigenvalue weighted by Gasteiger charge is 2.63. The number of Topliss-reactive ketones (excluding diaryl/α,β-unsaturated/α-hetero) is 2. The van der Waals surface area contributed by atoms with Crippen LogP contribution in [0.2, 0.25) is 0 Å². The zero-order chi connectivity index (χ0) is 24.3. The zero-order valence-corrected chi connectivity index (χ0v) is 22.1. The summed E-state index contributed by atoms with van der Waals surface area (Å²) in [5.74, 6) is 3.05. The van der Waals surface area contributed by atoms with Gasteiger partial charge in [0.1, 0.15) is 11.6 Å². The van der Waals surface area contributed by atoms with Crippen LogP contribution in [0.5, 0.6) is 0 Å². The predicted molar refractivity (Wildman–Crippen MR) is 135 cm³/mol. The van der Waals surface area contributed by atoms with E-state index in [1.165, 1.54) is 4.88 Å². The molecule has 1 N–H and O–H groups in total. The molecule has 0 radical (unpaired) electrons. The monoisotopic (exact) mass is 483 g/mol.